The van der Waals surface area contributed by atoms with Crippen molar-refractivity contribution in [1.29, 1.82) is 0 Å². The molecule has 0 bridgehead atoms. The summed E-state index contributed by atoms with van der Waals surface area (Å²) in [6.45, 7) is 10.1. The Bertz CT molecular complexity index is 592. The average molecular weight is 486 g/mol. The molecule has 0 spiro atoms. The Morgan fingerprint density at radius 2 is 1.63 bits per heavy atom. The number of carbonyl (C=O) groups excluding carboxylic acids is 1. The van der Waals surface area contributed by atoms with Crippen LogP contribution in [0.1, 0.15) is 71.6 Å². The second kappa shape index (κ2) is 15.5. The van der Waals surface area contributed by atoms with E-state index in [-0.39, 0.29) is 17.0 Å². The number of ether oxygens (including phenoxy) is 2. The lowest BCUT2D eigenvalue weighted by atomic mass is 10.1. The quantitative estimate of drug-likeness (QED) is 0.345. The van der Waals surface area contributed by atoms with Gasteiger partial charge in [0.2, 0.25) is 0 Å². The highest BCUT2D eigenvalue weighted by Crippen LogP contribution is 2.24. The Balaban J connectivity index is 0.00000450. The van der Waals surface area contributed by atoms with E-state index >= 15 is 0 Å². The maximum atomic E-state index is 12.4. The van der Waals surface area contributed by atoms with Crippen LogP contribution in [0.4, 0.5) is 10.5 Å². The first-order valence-corrected chi connectivity index (χ1v) is 11.7. The van der Waals surface area contributed by atoms with E-state index in [2.05, 4.69) is 19.2 Å². The number of rotatable bonds is 13. The van der Waals surface area contributed by atoms with Crippen LogP contribution < -0.4 is 27.0 Å². The largest absolute Gasteiger partial charge is 1.00 e. The van der Waals surface area contributed by atoms with Crippen molar-refractivity contribution < 1.29 is 35.7 Å². The minimum absolute atomic E-state index is 0. The van der Waals surface area contributed by atoms with Crippen LogP contribution in [0, 0.1) is 0 Å². The predicted molar refractivity (Wildman–Crippen MR) is 120 cm³/mol. The van der Waals surface area contributed by atoms with Crippen molar-refractivity contribution in [2.75, 3.05) is 44.7 Å². The highest BCUT2D eigenvalue weighted by Gasteiger charge is 2.29. The standard InChI is InChI=1S/C24H40N2O3.BrH/c1-3-5-10-16-26(17-11-7-12-18-26)19-21-29-24(27)25-22-14-8-9-15-23(22)28-20-13-6-4-2;/h8-9,14-15H,3-7,10-13,16-21H2,1-2H3;1H. The molecule has 0 aliphatic carbocycles. The fourth-order valence-corrected chi connectivity index (χ4v) is 4.15. The summed E-state index contributed by atoms with van der Waals surface area (Å²) in [5.74, 6) is 0.708. The number of hydrogen-bond donors (Lipinski definition) is 1. The maximum absolute atomic E-state index is 12.4. The number of quaternary nitrogens is 1. The lowest BCUT2D eigenvalue weighted by molar-refractivity contribution is -0.932. The number of halogens is 1. The summed E-state index contributed by atoms with van der Waals surface area (Å²) >= 11 is 0. The molecule has 1 amide bonds. The lowest BCUT2D eigenvalue weighted by Gasteiger charge is -2.41. The van der Waals surface area contributed by atoms with Crippen LogP contribution in [-0.4, -0.2) is 50.0 Å². The summed E-state index contributed by atoms with van der Waals surface area (Å²) in [6.07, 6.45) is 10.7. The maximum Gasteiger partial charge on any atom is 0.411 e. The topological polar surface area (TPSA) is 47.6 Å². The summed E-state index contributed by atoms with van der Waals surface area (Å²) < 4.78 is 12.5. The summed E-state index contributed by atoms with van der Waals surface area (Å²) in [7, 11) is 0. The molecule has 0 atom stereocenters. The molecule has 1 N–H and O–H groups in total. The number of amides is 1. The van der Waals surface area contributed by atoms with Crippen molar-refractivity contribution >= 4 is 11.8 Å². The molecule has 0 unspecified atom stereocenters. The molecule has 1 heterocycles. The Kier molecular flexibility index (Phi) is 13.8. The molecule has 0 saturated carbocycles. The molecule has 2 rings (SSSR count). The number of carbonyl (C=O) groups is 1. The number of nitrogens with zero attached hydrogens (tertiary/aromatic N) is 1. The zero-order valence-electron chi connectivity index (χ0n) is 19.0. The minimum atomic E-state index is -0.390. The number of nitrogens with one attached hydrogen (secondary N) is 1. The predicted octanol–water partition coefficient (Wildman–Crippen LogP) is 3.00. The van der Waals surface area contributed by atoms with Crippen LogP contribution in [0.2, 0.25) is 0 Å². The molecule has 6 heteroatoms. The van der Waals surface area contributed by atoms with Gasteiger partial charge < -0.3 is 30.9 Å². The van der Waals surface area contributed by atoms with Gasteiger partial charge in [0.1, 0.15) is 18.9 Å². The van der Waals surface area contributed by atoms with E-state index in [1.165, 1.54) is 58.2 Å². The molecule has 30 heavy (non-hydrogen) atoms. The number of para-hydroxylation sites is 2. The van der Waals surface area contributed by atoms with Crippen LogP contribution in [0.5, 0.6) is 5.75 Å². The molecule has 5 nitrogen and oxygen atoms in total. The van der Waals surface area contributed by atoms with Crippen molar-refractivity contribution in [3.05, 3.63) is 24.3 Å². The number of unbranched alkanes of at least 4 members (excludes halogenated alkanes) is 4. The number of hydrogen-bond acceptors (Lipinski definition) is 3. The van der Waals surface area contributed by atoms with Crippen LogP contribution in [0.25, 0.3) is 0 Å². The first kappa shape index (κ1) is 26.8. The number of anilines is 1. The van der Waals surface area contributed by atoms with E-state index < -0.39 is 6.09 Å². The van der Waals surface area contributed by atoms with E-state index in [9.17, 15) is 4.79 Å². The van der Waals surface area contributed by atoms with Gasteiger partial charge in [0.25, 0.3) is 0 Å². The van der Waals surface area contributed by atoms with Crippen LogP contribution >= 0.6 is 0 Å². The van der Waals surface area contributed by atoms with Gasteiger partial charge in [-0.25, -0.2) is 4.79 Å². The van der Waals surface area contributed by atoms with Gasteiger partial charge in [0.15, 0.2) is 0 Å². The normalized spacial score (nSPS) is 15.1. The van der Waals surface area contributed by atoms with Crippen LogP contribution in [0.15, 0.2) is 24.3 Å². The number of benzene rings is 1. The third kappa shape index (κ3) is 9.69. The Labute approximate surface area is 193 Å². The molecule has 1 aliphatic rings. The molecule has 172 valence electrons. The third-order valence-corrected chi connectivity index (χ3v) is 5.93. The second-order valence-electron chi connectivity index (χ2n) is 8.32. The van der Waals surface area contributed by atoms with Crippen LogP contribution in [0.3, 0.4) is 0 Å². The summed E-state index contributed by atoms with van der Waals surface area (Å²) in [6, 6.07) is 7.57. The molecular formula is C24H41BrN2O3. The molecule has 1 aromatic carbocycles. The minimum Gasteiger partial charge on any atom is -1.00 e. The molecule has 1 fully saturated rings. The first-order valence-electron chi connectivity index (χ1n) is 11.7. The van der Waals surface area contributed by atoms with Gasteiger partial charge in [0.05, 0.1) is 31.9 Å². The van der Waals surface area contributed by atoms with E-state index in [0.29, 0.717) is 24.7 Å². The summed E-state index contributed by atoms with van der Waals surface area (Å²) in [5.41, 5.74) is 0.679. The zero-order valence-corrected chi connectivity index (χ0v) is 20.6. The van der Waals surface area contributed by atoms with Crippen molar-refractivity contribution in [2.45, 2.75) is 71.6 Å². The smallest absolute Gasteiger partial charge is 0.411 e. The lowest BCUT2D eigenvalue weighted by Crippen LogP contribution is -3.00. The van der Waals surface area contributed by atoms with Crippen molar-refractivity contribution in [3.8, 4) is 5.75 Å². The Morgan fingerprint density at radius 1 is 0.933 bits per heavy atom. The highest BCUT2D eigenvalue weighted by atomic mass is 79.9. The van der Waals surface area contributed by atoms with Gasteiger partial charge in [-0.2, -0.15) is 0 Å². The Morgan fingerprint density at radius 3 is 2.37 bits per heavy atom. The molecule has 1 aliphatic heterocycles. The SMILES string of the molecule is CCCCCOc1ccccc1NC(=O)OCC[N+]1(CCCCC)CCCCC1.[Br-]. The fourth-order valence-electron chi connectivity index (χ4n) is 4.15. The number of likely N-dealkylation sites (tertiary alicyclic amines) is 1. The number of piperidine rings is 1. The monoisotopic (exact) mass is 484 g/mol. The van der Waals surface area contributed by atoms with Crippen LogP contribution in [-0.2, 0) is 4.74 Å². The van der Waals surface area contributed by atoms with Crippen molar-refractivity contribution in [2.24, 2.45) is 0 Å². The Hall–Kier alpha value is -1.27. The fraction of sp³-hybridized carbons (Fsp3) is 0.708. The van der Waals surface area contributed by atoms with Crippen molar-refractivity contribution in [3.63, 3.8) is 0 Å². The van der Waals surface area contributed by atoms with Gasteiger partial charge in [-0.1, -0.05) is 45.2 Å². The van der Waals surface area contributed by atoms with E-state index in [0.717, 1.165) is 30.3 Å². The van der Waals surface area contributed by atoms with Gasteiger partial charge in [-0.3, -0.25) is 5.32 Å². The summed E-state index contributed by atoms with van der Waals surface area (Å²) in [4.78, 5) is 12.4. The molecule has 1 saturated heterocycles. The van der Waals surface area contributed by atoms with E-state index in [1.807, 2.05) is 24.3 Å². The van der Waals surface area contributed by atoms with Gasteiger partial charge in [0, 0.05) is 0 Å². The van der Waals surface area contributed by atoms with Crippen molar-refractivity contribution in [1.82, 2.24) is 0 Å². The zero-order chi connectivity index (χ0) is 20.8. The summed E-state index contributed by atoms with van der Waals surface area (Å²) in [5, 5.41) is 2.86. The van der Waals surface area contributed by atoms with Gasteiger partial charge in [-0.15, -0.1) is 0 Å². The second-order valence-corrected chi connectivity index (χ2v) is 8.32. The molecule has 1 aromatic rings. The third-order valence-electron chi connectivity index (χ3n) is 5.93. The van der Waals surface area contributed by atoms with E-state index in [1.54, 1.807) is 0 Å². The highest BCUT2D eigenvalue weighted by molar-refractivity contribution is 5.86. The molecular weight excluding hydrogens is 444 g/mol. The van der Waals surface area contributed by atoms with E-state index in [4.69, 9.17) is 9.47 Å². The van der Waals surface area contributed by atoms with Gasteiger partial charge in [-0.05, 0) is 50.7 Å². The molecule has 0 aromatic heterocycles. The average Bonchev–Trinajstić information content (AvgIpc) is 2.73. The first-order chi connectivity index (χ1) is 14.2. The molecule has 0 radical (unpaired) electrons. The van der Waals surface area contributed by atoms with Gasteiger partial charge >= 0.3 is 6.09 Å².